The molecule has 4 N–H and O–H groups in total. The molecule has 0 saturated heterocycles. The van der Waals surface area contributed by atoms with E-state index in [0.29, 0.717) is 5.56 Å². The molecule has 98 valence electrons. The monoisotopic (exact) mass is 263 g/mol. The molecule has 0 bridgehead atoms. The van der Waals surface area contributed by atoms with E-state index >= 15 is 0 Å². The van der Waals surface area contributed by atoms with E-state index in [0.717, 1.165) is 0 Å². The Hall–Kier alpha value is -2.77. The number of rotatable bonds is 2. The highest BCUT2D eigenvalue weighted by Crippen LogP contribution is 2.30. The van der Waals surface area contributed by atoms with Crippen molar-refractivity contribution in [1.29, 1.82) is 0 Å². The van der Waals surface area contributed by atoms with Crippen LogP contribution in [0.5, 0.6) is 0 Å². The molecular weight excluding hydrogens is 253 g/mol. The number of nitro benzene ring substituents is 1. The van der Waals surface area contributed by atoms with Gasteiger partial charge in [-0.05, 0) is 12.5 Å². The highest BCUT2D eigenvalue weighted by molar-refractivity contribution is 5.70. The molecule has 2 rings (SSSR count). The normalized spacial score (nSPS) is 10.4. The molecule has 0 spiro atoms. The first-order valence-corrected chi connectivity index (χ1v) is 5.24. The maximum atomic E-state index is 13.9. The van der Waals surface area contributed by atoms with Crippen LogP contribution in [0.3, 0.4) is 0 Å². The number of nitrogens with zero attached hydrogens (tertiary/aromatic N) is 3. The van der Waals surface area contributed by atoms with Gasteiger partial charge in [-0.2, -0.15) is 4.98 Å². The number of nitro groups is 1. The van der Waals surface area contributed by atoms with E-state index in [1.165, 1.54) is 18.2 Å². The number of hydrogen-bond acceptors (Lipinski definition) is 6. The fraction of sp³-hybridized carbons (Fsp3) is 0.0909. The van der Waals surface area contributed by atoms with Crippen molar-refractivity contribution in [2.45, 2.75) is 6.92 Å². The van der Waals surface area contributed by atoms with E-state index in [-0.39, 0.29) is 22.9 Å². The molecule has 0 radical (unpaired) electrons. The Kier molecular flexibility index (Phi) is 2.99. The van der Waals surface area contributed by atoms with Gasteiger partial charge in [0.2, 0.25) is 5.95 Å². The van der Waals surface area contributed by atoms with Crippen molar-refractivity contribution in [2.24, 2.45) is 0 Å². The summed E-state index contributed by atoms with van der Waals surface area (Å²) in [5.41, 5.74) is 11.3. The molecule has 0 aliphatic carbocycles. The van der Waals surface area contributed by atoms with Crippen molar-refractivity contribution in [2.75, 3.05) is 11.5 Å². The van der Waals surface area contributed by atoms with E-state index in [1.54, 1.807) is 6.92 Å². The van der Waals surface area contributed by atoms with E-state index in [4.69, 9.17) is 11.5 Å². The number of non-ortho nitro benzene ring substituents is 1. The zero-order chi connectivity index (χ0) is 14.2. The standard InChI is InChI=1S/C11H10FN5O2/c1-5-2-3-6(17(18)19)4-7(5)9-8(12)10(13)16-11(14)15-9/h2-4H,1H3,(H4,13,14,15,16). The molecule has 1 aromatic carbocycles. The Morgan fingerprint density at radius 2 is 2.00 bits per heavy atom. The minimum Gasteiger partial charge on any atom is -0.381 e. The Bertz CT molecular complexity index is 674. The van der Waals surface area contributed by atoms with E-state index in [1.807, 2.05) is 0 Å². The number of aryl methyl sites for hydroxylation is 1. The van der Waals surface area contributed by atoms with Crippen molar-refractivity contribution < 1.29 is 9.31 Å². The number of anilines is 2. The van der Waals surface area contributed by atoms with Gasteiger partial charge in [-0.3, -0.25) is 10.1 Å². The van der Waals surface area contributed by atoms with Crippen molar-refractivity contribution in [3.63, 3.8) is 0 Å². The summed E-state index contributed by atoms with van der Waals surface area (Å²) < 4.78 is 13.9. The molecule has 1 aromatic heterocycles. The Balaban J connectivity index is 2.71. The largest absolute Gasteiger partial charge is 0.381 e. The zero-order valence-corrected chi connectivity index (χ0v) is 9.92. The van der Waals surface area contributed by atoms with Crippen molar-refractivity contribution in [3.05, 3.63) is 39.7 Å². The fourth-order valence-electron chi connectivity index (χ4n) is 1.64. The topological polar surface area (TPSA) is 121 Å². The lowest BCUT2D eigenvalue weighted by molar-refractivity contribution is -0.384. The molecule has 0 unspecified atom stereocenters. The Labute approximate surface area is 107 Å². The van der Waals surface area contributed by atoms with Gasteiger partial charge in [-0.1, -0.05) is 6.07 Å². The van der Waals surface area contributed by atoms with Gasteiger partial charge in [0, 0.05) is 17.7 Å². The van der Waals surface area contributed by atoms with Gasteiger partial charge in [-0.15, -0.1) is 0 Å². The van der Waals surface area contributed by atoms with Gasteiger partial charge in [-0.25, -0.2) is 9.37 Å². The first-order chi connectivity index (χ1) is 8.90. The second kappa shape index (κ2) is 4.48. The minimum absolute atomic E-state index is 0.147. The molecule has 0 amide bonds. The summed E-state index contributed by atoms with van der Waals surface area (Å²) in [4.78, 5) is 17.4. The summed E-state index contributed by atoms with van der Waals surface area (Å²) in [6.45, 7) is 1.67. The van der Waals surface area contributed by atoms with Crippen LogP contribution in [0.25, 0.3) is 11.3 Å². The Morgan fingerprint density at radius 3 is 2.63 bits per heavy atom. The lowest BCUT2D eigenvalue weighted by Gasteiger charge is -2.08. The van der Waals surface area contributed by atoms with Crippen LogP contribution in [0.1, 0.15) is 5.56 Å². The van der Waals surface area contributed by atoms with E-state index in [2.05, 4.69) is 9.97 Å². The van der Waals surface area contributed by atoms with Gasteiger partial charge < -0.3 is 11.5 Å². The highest BCUT2D eigenvalue weighted by atomic mass is 19.1. The van der Waals surface area contributed by atoms with Crippen LogP contribution in [-0.2, 0) is 0 Å². The van der Waals surface area contributed by atoms with Crippen LogP contribution >= 0.6 is 0 Å². The summed E-state index contributed by atoms with van der Waals surface area (Å²) in [5, 5.41) is 10.7. The van der Waals surface area contributed by atoms with Gasteiger partial charge in [0.05, 0.1) is 4.92 Å². The van der Waals surface area contributed by atoms with Crippen LogP contribution in [0.15, 0.2) is 18.2 Å². The number of hydrogen-bond donors (Lipinski definition) is 2. The molecular formula is C11H10FN5O2. The Morgan fingerprint density at radius 1 is 1.32 bits per heavy atom. The first kappa shape index (κ1) is 12.7. The maximum Gasteiger partial charge on any atom is 0.270 e. The minimum atomic E-state index is -0.849. The smallest absolute Gasteiger partial charge is 0.270 e. The van der Waals surface area contributed by atoms with Crippen LogP contribution in [-0.4, -0.2) is 14.9 Å². The van der Waals surface area contributed by atoms with E-state index < -0.39 is 16.6 Å². The van der Waals surface area contributed by atoms with Gasteiger partial charge in [0.1, 0.15) is 5.69 Å². The van der Waals surface area contributed by atoms with Crippen LogP contribution in [0.4, 0.5) is 21.8 Å². The number of benzene rings is 1. The predicted octanol–water partition coefficient (Wildman–Crippen LogP) is 1.66. The van der Waals surface area contributed by atoms with Gasteiger partial charge in [0.15, 0.2) is 11.6 Å². The average Bonchev–Trinajstić information content (AvgIpc) is 2.34. The summed E-state index contributed by atoms with van der Waals surface area (Å²) in [6, 6.07) is 4.05. The van der Waals surface area contributed by atoms with E-state index in [9.17, 15) is 14.5 Å². The molecule has 0 atom stereocenters. The van der Waals surface area contributed by atoms with Gasteiger partial charge >= 0.3 is 0 Å². The van der Waals surface area contributed by atoms with Crippen molar-refractivity contribution >= 4 is 17.5 Å². The number of nitrogen functional groups attached to an aromatic ring is 2. The molecule has 19 heavy (non-hydrogen) atoms. The molecule has 0 aliphatic heterocycles. The lowest BCUT2D eigenvalue weighted by Crippen LogP contribution is -2.05. The molecule has 8 heteroatoms. The van der Waals surface area contributed by atoms with Crippen molar-refractivity contribution in [3.8, 4) is 11.3 Å². The summed E-state index contributed by atoms with van der Waals surface area (Å²) in [6.07, 6.45) is 0. The molecule has 7 nitrogen and oxygen atoms in total. The molecule has 2 aromatic rings. The number of aromatic nitrogens is 2. The quantitative estimate of drug-likeness (QED) is 0.627. The second-order valence-electron chi connectivity index (χ2n) is 3.89. The molecule has 0 fully saturated rings. The second-order valence-corrected chi connectivity index (χ2v) is 3.89. The highest BCUT2D eigenvalue weighted by Gasteiger charge is 2.17. The van der Waals surface area contributed by atoms with Crippen molar-refractivity contribution in [1.82, 2.24) is 9.97 Å². The summed E-state index contributed by atoms with van der Waals surface area (Å²) in [7, 11) is 0. The first-order valence-electron chi connectivity index (χ1n) is 5.24. The molecule has 0 saturated carbocycles. The third-order valence-corrected chi connectivity index (χ3v) is 2.58. The SMILES string of the molecule is Cc1ccc([N+](=O)[O-])cc1-c1nc(N)nc(N)c1F. The third kappa shape index (κ3) is 2.28. The summed E-state index contributed by atoms with van der Waals surface area (Å²) >= 11 is 0. The van der Waals surface area contributed by atoms with Crippen LogP contribution in [0, 0.1) is 22.9 Å². The summed E-state index contributed by atoms with van der Waals surface area (Å²) in [5.74, 6) is -1.44. The predicted molar refractivity (Wildman–Crippen MR) is 67.6 cm³/mol. The fourth-order valence-corrected chi connectivity index (χ4v) is 1.64. The third-order valence-electron chi connectivity index (χ3n) is 2.58. The zero-order valence-electron chi connectivity index (χ0n) is 9.92. The number of nitrogens with two attached hydrogens (primary N) is 2. The van der Waals surface area contributed by atoms with Crippen LogP contribution < -0.4 is 11.5 Å². The molecule has 0 aliphatic rings. The molecule has 1 heterocycles. The van der Waals surface area contributed by atoms with Crippen LogP contribution in [0.2, 0.25) is 0 Å². The maximum absolute atomic E-state index is 13.9. The lowest BCUT2D eigenvalue weighted by atomic mass is 10.0. The number of halogens is 1. The average molecular weight is 263 g/mol. The van der Waals surface area contributed by atoms with Gasteiger partial charge in [0.25, 0.3) is 5.69 Å².